The molecule has 1 spiro atoms. The summed E-state index contributed by atoms with van der Waals surface area (Å²) in [4.78, 5) is 30.5. The first-order chi connectivity index (χ1) is 15.1. The van der Waals surface area contributed by atoms with Gasteiger partial charge in [-0.3, -0.25) is 9.69 Å². The molecule has 4 heterocycles. The van der Waals surface area contributed by atoms with Gasteiger partial charge in [-0.2, -0.15) is 24.5 Å². The van der Waals surface area contributed by atoms with E-state index in [1.807, 2.05) is 41.2 Å². The first-order valence-electron chi connectivity index (χ1n) is 9.97. The number of alkyl halides is 3. The molecule has 1 amide bonds. The molecule has 1 unspecified atom stereocenters. The molecule has 0 saturated carbocycles. The summed E-state index contributed by atoms with van der Waals surface area (Å²) in [5, 5.41) is 11.0. The number of likely N-dealkylation sites (tertiary alicyclic amines) is 1. The number of amides is 1. The number of aliphatic carboxylic acids is 1. The Morgan fingerprint density at radius 1 is 1.31 bits per heavy atom. The Balaban J connectivity index is 0.000000360. The molecule has 2 aromatic heterocycles. The third-order valence-electron chi connectivity index (χ3n) is 5.54. The van der Waals surface area contributed by atoms with Gasteiger partial charge in [-0.15, -0.1) is 0 Å². The topological polar surface area (TPSA) is 87.9 Å². The molecule has 1 N–H and O–H groups in total. The van der Waals surface area contributed by atoms with E-state index < -0.39 is 12.1 Å². The van der Waals surface area contributed by atoms with Crippen molar-refractivity contribution in [3.05, 3.63) is 40.6 Å². The van der Waals surface area contributed by atoms with Crippen LogP contribution in [0, 0.1) is 5.41 Å². The van der Waals surface area contributed by atoms with E-state index in [0.717, 1.165) is 50.6 Å². The van der Waals surface area contributed by atoms with Crippen molar-refractivity contribution in [2.75, 3.05) is 39.4 Å². The van der Waals surface area contributed by atoms with Crippen molar-refractivity contribution in [1.29, 1.82) is 0 Å². The summed E-state index contributed by atoms with van der Waals surface area (Å²) < 4.78 is 39.7. The minimum atomic E-state index is -5.08. The molecular formula is C20H25F3N4O4S. The highest BCUT2D eigenvalue weighted by atomic mass is 32.1. The molecule has 12 heteroatoms. The van der Waals surface area contributed by atoms with Gasteiger partial charge in [-0.1, -0.05) is 0 Å². The van der Waals surface area contributed by atoms with E-state index in [9.17, 15) is 18.0 Å². The number of hydrogen-bond donors (Lipinski definition) is 1. The first-order valence-corrected chi connectivity index (χ1v) is 10.9. The number of nitrogens with zero attached hydrogens (tertiary/aromatic N) is 4. The standard InChI is InChI=1S/C18H24N4O2S.C2HF3O2/c1-20-6-4-19-16(20)10-21-5-3-18(12-21)13-22(7-8-24-14-18)17(23)15-2-9-25-11-15;3-2(4,5)1(6)7/h2,4,6,9,11H,3,5,7-8,10,12-14H2,1H3;(H,6,7). The number of carboxylic acids is 1. The molecule has 0 bridgehead atoms. The summed E-state index contributed by atoms with van der Waals surface area (Å²) in [6.45, 7) is 5.64. The second-order valence-corrected chi connectivity index (χ2v) is 8.79. The minimum absolute atomic E-state index is 0.0351. The number of aryl methyl sites for hydroxylation is 1. The maximum atomic E-state index is 12.8. The monoisotopic (exact) mass is 474 g/mol. The van der Waals surface area contributed by atoms with Crippen LogP contribution in [0.15, 0.2) is 29.2 Å². The quantitative estimate of drug-likeness (QED) is 0.736. The van der Waals surface area contributed by atoms with Gasteiger partial charge in [-0.25, -0.2) is 9.78 Å². The summed E-state index contributed by atoms with van der Waals surface area (Å²) in [5.41, 5.74) is 0.831. The smallest absolute Gasteiger partial charge is 0.475 e. The number of thiophene rings is 1. The zero-order valence-corrected chi connectivity index (χ0v) is 18.4. The van der Waals surface area contributed by atoms with Crippen molar-refractivity contribution in [3.63, 3.8) is 0 Å². The van der Waals surface area contributed by atoms with E-state index >= 15 is 0 Å². The number of aromatic nitrogens is 2. The van der Waals surface area contributed by atoms with E-state index in [2.05, 4.69) is 14.5 Å². The van der Waals surface area contributed by atoms with Crippen LogP contribution in [0.4, 0.5) is 13.2 Å². The van der Waals surface area contributed by atoms with Crippen LogP contribution in [-0.4, -0.2) is 81.9 Å². The third kappa shape index (κ3) is 6.08. The fourth-order valence-corrected chi connectivity index (χ4v) is 4.52. The van der Waals surface area contributed by atoms with Gasteiger partial charge < -0.3 is 19.3 Å². The van der Waals surface area contributed by atoms with Crippen LogP contribution in [0.3, 0.4) is 0 Å². The number of carboxylic acid groups (broad SMARTS) is 1. The molecule has 2 fully saturated rings. The first kappa shape index (κ1) is 24.2. The van der Waals surface area contributed by atoms with Gasteiger partial charge in [0.1, 0.15) is 5.82 Å². The fourth-order valence-electron chi connectivity index (χ4n) is 3.89. The highest BCUT2D eigenvalue weighted by molar-refractivity contribution is 7.08. The lowest BCUT2D eigenvalue weighted by atomic mass is 9.87. The Hall–Kier alpha value is -2.44. The second kappa shape index (κ2) is 10.0. The number of carbonyl (C=O) groups excluding carboxylic acids is 1. The molecule has 176 valence electrons. The molecular weight excluding hydrogens is 449 g/mol. The van der Waals surface area contributed by atoms with Crippen LogP contribution in [0.25, 0.3) is 0 Å². The van der Waals surface area contributed by atoms with E-state index in [4.69, 9.17) is 14.6 Å². The van der Waals surface area contributed by atoms with E-state index in [1.54, 1.807) is 11.3 Å². The van der Waals surface area contributed by atoms with Crippen LogP contribution < -0.4 is 0 Å². The Labute approximate surface area is 187 Å². The summed E-state index contributed by atoms with van der Waals surface area (Å²) in [6.07, 6.45) is -0.195. The van der Waals surface area contributed by atoms with E-state index in [-0.39, 0.29) is 11.3 Å². The second-order valence-electron chi connectivity index (χ2n) is 8.01. The van der Waals surface area contributed by atoms with E-state index in [0.29, 0.717) is 13.2 Å². The highest BCUT2D eigenvalue weighted by Crippen LogP contribution is 2.34. The lowest BCUT2D eigenvalue weighted by Gasteiger charge is -2.32. The summed E-state index contributed by atoms with van der Waals surface area (Å²) in [6, 6.07) is 1.91. The highest BCUT2D eigenvalue weighted by Gasteiger charge is 2.42. The van der Waals surface area contributed by atoms with Gasteiger partial charge in [0, 0.05) is 49.9 Å². The van der Waals surface area contributed by atoms with Crippen LogP contribution in [0.5, 0.6) is 0 Å². The number of ether oxygens (including phenoxy) is 1. The maximum absolute atomic E-state index is 12.8. The summed E-state index contributed by atoms with van der Waals surface area (Å²) in [5.74, 6) is -1.54. The lowest BCUT2D eigenvalue weighted by molar-refractivity contribution is -0.192. The van der Waals surface area contributed by atoms with Crippen LogP contribution in [0.1, 0.15) is 22.6 Å². The van der Waals surface area contributed by atoms with Gasteiger partial charge >= 0.3 is 12.1 Å². The average Bonchev–Trinajstić information content (AvgIpc) is 3.44. The SMILES string of the molecule is Cn1ccnc1CN1CCC2(COCCN(C(=O)c3ccsc3)C2)C1.O=C(O)C(F)(F)F. The molecule has 0 aliphatic carbocycles. The molecule has 0 aromatic carbocycles. The van der Waals surface area contributed by atoms with Crippen LogP contribution >= 0.6 is 11.3 Å². The van der Waals surface area contributed by atoms with E-state index in [1.165, 1.54) is 0 Å². The van der Waals surface area contributed by atoms with Gasteiger partial charge in [0.25, 0.3) is 5.91 Å². The fraction of sp³-hybridized carbons (Fsp3) is 0.550. The Morgan fingerprint density at radius 3 is 2.66 bits per heavy atom. The Kier molecular flexibility index (Phi) is 7.57. The normalized spacial score (nSPS) is 21.8. The summed E-state index contributed by atoms with van der Waals surface area (Å²) >= 11 is 1.57. The molecule has 8 nitrogen and oxygen atoms in total. The van der Waals surface area contributed by atoms with Gasteiger partial charge in [0.05, 0.1) is 25.3 Å². The van der Waals surface area contributed by atoms with Gasteiger partial charge in [-0.05, 0) is 24.4 Å². The molecule has 2 saturated heterocycles. The molecule has 1 atom stereocenters. The molecule has 2 aromatic rings. The third-order valence-corrected chi connectivity index (χ3v) is 6.22. The molecule has 0 radical (unpaired) electrons. The van der Waals surface area contributed by atoms with Gasteiger partial charge in [0.2, 0.25) is 0 Å². The molecule has 2 aliphatic heterocycles. The Bertz CT molecular complexity index is 918. The molecule has 4 rings (SSSR count). The Morgan fingerprint density at radius 2 is 2.06 bits per heavy atom. The van der Waals surface area contributed by atoms with Crippen LogP contribution in [0.2, 0.25) is 0 Å². The predicted octanol–water partition coefficient (Wildman–Crippen LogP) is 2.48. The zero-order chi connectivity index (χ0) is 23.4. The van der Waals surface area contributed by atoms with Crippen molar-refractivity contribution in [3.8, 4) is 0 Å². The summed E-state index contributed by atoms with van der Waals surface area (Å²) in [7, 11) is 2.03. The number of rotatable bonds is 3. The van der Waals surface area contributed by atoms with Crippen molar-refractivity contribution in [1.82, 2.24) is 19.4 Å². The minimum Gasteiger partial charge on any atom is -0.475 e. The average molecular weight is 475 g/mol. The number of hydrogen-bond acceptors (Lipinski definition) is 6. The van der Waals surface area contributed by atoms with Crippen molar-refractivity contribution < 1.29 is 32.6 Å². The van der Waals surface area contributed by atoms with Crippen molar-refractivity contribution in [2.45, 2.75) is 19.1 Å². The molecule has 32 heavy (non-hydrogen) atoms. The predicted molar refractivity (Wildman–Crippen MR) is 110 cm³/mol. The number of halogens is 3. The zero-order valence-electron chi connectivity index (χ0n) is 17.5. The molecule has 2 aliphatic rings. The maximum Gasteiger partial charge on any atom is 0.490 e. The number of carbonyl (C=O) groups is 2. The largest absolute Gasteiger partial charge is 0.490 e. The van der Waals surface area contributed by atoms with Crippen LogP contribution in [-0.2, 0) is 23.1 Å². The van der Waals surface area contributed by atoms with Gasteiger partial charge in [0.15, 0.2) is 0 Å². The number of imidazole rings is 1. The van der Waals surface area contributed by atoms with Crippen molar-refractivity contribution in [2.24, 2.45) is 12.5 Å². The lowest BCUT2D eigenvalue weighted by Crippen LogP contribution is -2.43. The van der Waals surface area contributed by atoms with Crippen molar-refractivity contribution >= 4 is 23.2 Å².